The number of ether oxygens (including phenoxy) is 1. The van der Waals surface area contributed by atoms with Crippen molar-refractivity contribution in [3.63, 3.8) is 0 Å². The Bertz CT molecular complexity index is 1080. The van der Waals surface area contributed by atoms with E-state index in [4.69, 9.17) is 4.74 Å². The molecule has 2 aromatic rings. The number of benzene rings is 2. The van der Waals surface area contributed by atoms with Crippen LogP contribution in [-0.4, -0.2) is 64.2 Å². The van der Waals surface area contributed by atoms with Crippen molar-refractivity contribution in [2.45, 2.75) is 24.5 Å². The van der Waals surface area contributed by atoms with E-state index in [9.17, 15) is 19.2 Å². The average molecular weight is 436 g/mol. The van der Waals surface area contributed by atoms with Crippen LogP contribution in [0, 0.1) is 0 Å². The Morgan fingerprint density at radius 2 is 1.58 bits per heavy atom. The number of thioether (sulfide) groups is 1. The Balaban J connectivity index is 1.63. The maximum absolute atomic E-state index is 13.9. The Labute approximate surface area is 183 Å². The smallest absolute Gasteiger partial charge is 0.329 e. The third kappa shape index (κ3) is 2.96. The lowest BCUT2D eigenvalue weighted by Gasteiger charge is -2.41. The maximum Gasteiger partial charge on any atom is 0.329 e. The van der Waals surface area contributed by atoms with Crippen LogP contribution in [-0.2, 0) is 20.7 Å². The molecule has 5 rings (SSSR count). The minimum atomic E-state index is -1.02. The number of fused-ring (bicyclic) bond motifs is 4. The van der Waals surface area contributed by atoms with E-state index in [0.29, 0.717) is 22.6 Å². The van der Waals surface area contributed by atoms with Gasteiger partial charge in [-0.25, -0.2) is 4.79 Å². The molecule has 31 heavy (non-hydrogen) atoms. The second-order valence-corrected chi connectivity index (χ2v) is 8.86. The van der Waals surface area contributed by atoms with Crippen molar-refractivity contribution < 1.29 is 23.9 Å². The van der Waals surface area contributed by atoms with Crippen LogP contribution in [0.25, 0.3) is 0 Å². The highest BCUT2D eigenvalue weighted by Crippen LogP contribution is 2.40. The van der Waals surface area contributed by atoms with E-state index in [-0.39, 0.29) is 12.5 Å². The van der Waals surface area contributed by atoms with Crippen molar-refractivity contribution in [1.82, 2.24) is 9.80 Å². The van der Waals surface area contributed by atoms with Crippen molar-refractivity contribution in [2.75, 3.05) is 18.6 Å². The number of carbonyl (C=O) groups is 4. The summed E-state index contributed by atoms with van der Waals surface area (Å²) in [7, 11) is 1.30. The maximum atomic E-state index is 13.9. The normalized spacial score (nSPS) is 24.9. The Kier molecular flexibility index (Phi) is 4.81. The first kappa shape index (κ1) is 19.8. The zero-order valence-corrected chi connectivity index (χ0v) is 17.6. The molecular weight excluding hydrogens is 416 g/mol. The van der Waals surface area contributed by atoms with Gasteiger partial charge in [-0.1, -0.05) is 36.4 Å². The molecule has 8 heteroatoms. The predicted molar refractivity (Wildman–Crippen MR) is 114 cm³/mol. The van der Waals surface area contributed by atoms with Gasteiger partial charge < -0.3 is 9.64 Å². The van der Waals surface area contributed by atoms with Crippen LogP contribution in [0.15, 0.2) is 48.5 Å². The van der Waals surface area contributed by atoms with E-state index < -0.39 is 35.8 Å². The molecule has 0 bridgehead atoms. The van der Waals surface area contributed by atoms with Gasteiger partial charge in [-0.2, -0.15) is 11.8 Å². The van der Waals surface area contributed by atoms with Crippen molar-refractivity contribution >= 4 is 35.5 Å². The summed E-state index contributed by atoms with van der Waals surface area (Å²) in [4.78, 5) is 55.3. The summed E-state index contributed by atoms with van der Waals surface area (Å²) >= 11 is 1.59. The standard InChI is InChI=1S/C23H20N2O5S/c1-30-23(29)19-12-31-11-18-14-7-3-2-6-13(14)10-17(22(28)24(18)19)25-20(26)15-8-4-5-9-16(15)21(25)27/h2-9,17-19H,10-12H2,1H3. The molecule has 2 aromatic carbocycles. The molecule has 158 valence electrons. The van der Waals surface area contributed by atoms with Gasteiger partial charge in [-0.05, 0) is 23.3 Å². The number of carbonyl (C=O) groups excluding carboxylic acids is 4. The van der Waals surface area contributed by atoms with Crippen LogP contribution < -0.4 is 0 Å². The van der Waals surface area contributed by atoms with Crippen LogP contribution in [0.5, 0.6) is 0 Å². The van der Waals surface area contributed by atoms with Crippen LogP contribution in [0.1, 0.15) is 37.9 Å². The highest BCUT2D eigenvalue weighted by atomic mass is 32.2. The molecule has 0 spiro atoms. The third-order valence-corrected chi connectivity index (χ3v) is 7.30. The summed E-state index contributed by atoms with van der Waals surface area (Å²) in [5, 5.41) is 0. The highest BCUT2D eigenvalue weighted by Gasteiger charge is 2.50. The second-order valence-electron chi connectivity index (χ2n) is 7.78. The van der Waals surface area contributed by atoms with Gasteiger partial charge in [-0.15, -0.1) is 0 Å². The van der Waals surface area contributed by atoms with Crippen LogP contribution in [0.2, 0.25) is 0 Å². The van der Waals surface area contributed by atoms with Crippen LogP contribution in [0.3, 0.4) is 0 Å². The van der Waals surface area contributed by atoms with Crippen LogP contribution >= 0.6 is 11.8 Å². The molecule has 0 radical (unpaired) electrons. The summed E-state index contributed by atoms with van der Waals surface area (Å²) in [6.45, 7) is 0. The Morgan fingerprint density at radius 3 is 2.26 bits per heavy atom. The minimum absolute atomic E-state index is 0.214. The number of hydrogen-bond acceptors (Lipinski definition) is 6. The molecule has 7 nitrogen and oxygen atoms in total. The number of methoxy groups -OCH3 is 1. The largest absolute Gasteiger partial charge is 0.467 e. The topological polar surface area (TPSA) is 84.0 Å². The number of esters is 1. The van der Waals surface area contributed by atoms with Gasteiger partial charge in [0.25, 0.3) is 11.8 Å². The molecule has 3 atom stereocenters. The van der Waals surface area contributed by atoms with Gasteiger partial charge in [0.2, 0.25) is 5.91 Å². The number of rotatable bonds is 2. The molecule has 0 aromatic heterocycles. The monoisotopic (exact) mass is 436 g/mol. The lowest BCUT2D eigenvalue weighted by Crippen LogP contribution is -2.58. The van der Waals surface area contributed by atoms with Gasteiger partial charge in [0.05, 0.1) is 24.3 Å². The number of nitrogens with zero attached hydrogens (tertiary/aromatic N) is 2. The Morgan fingerprint density at radius 1 is 0.935 bits per heavy atom. The van der Waals surface area contributed by atoms with Gasteiger partial charge in [0, 0.05) is 17.9 Å². The molecule has 3 heterocycles. The fourth-order valence-electron chi connectivity index (χ4n) is 4.74. The molecule has 1 saturated heterocycles. The SMILES string of the molecule is COC(=O)C1CSCC2c3ccccc3CC(N3C(=O)c4ccccc4C3=O)C(=O)N12. The van der Waals surface area contributed by atoms with Gasteiger partial charge in [0.1, 0.15) is 12.1 Å². The van der Waals surface area contributed by atoms with Crippen molar-refractivity contribution in [3.05, 3.63) is 70.8 Å². The molecule has 0 aliphatic carbocycles. The zero-order valence-electron chi connectivity index (χ0n) is 16.8. The minimum Gasteiger partial charge on any atom is -0.467 e. The first-order valence-corrected chi connectivity index (χ1v) is 11.2. The first-order valence-electron chi connectivity index (χ1n) is 10.1. The number of amides is 3. The summed E-state index contributed by atoms with van der Waals surface area (Å²) in [5.74, 6) is -0.805. The molecule has 3 amide bonds. The predicted octanol–water partition coefficient (Wildman–Crippen LogP) is 2.07. The molecule has 1 fully saturated rings. The van der Waals surface area contributed by atoms with Crippen molar-refractivity contribution in [1.29, 1.82) is 0 Å². The molecule has 3 aliphatic rings. The van der Waals surface area contributed by atoms with E-state index in [2.05, 4.69) is 0 Å². The van der Waals surface area contributed by atoms with E-state index in [1.165, 1.54) is 7.11 Å². The fraction of sp³-hybridized carbons (Fsp3) is 0.304. The highest BCUT2D eigenvalue weighted by molar-refractivity contribution is 7.99. The quantitative estimate of drug-likeness (QED) is 0.529. The lowest BCUT2D eigenvalue weighted by atomic mass is 9.97. The molecule has 0 N–H and O–H groups in total. The third-order valence-electron chi connectivity index (χ3n) is 6.20. The van der Waals surface area contributed by atoms with Gasteiger partial charge in [0.15, 0.2) is 0 Å². The van der Waals surface area contributed by atoms with Crippen LogP contribution in [0.4, 0.5) is 0 Å². The lowest BCUT2D eigenvalue weighted by molar-refractivity contribution is -0.155. The van der Waals surface area contributed by atoms with E-state index in [0.717, 1.165) is 16.0 Å². The zero-order chi connectivity index (χ0) is 21.7. The van der Waals surface area contributed by atoms with E-state index in [1.54, 1.807) is 40.9 Å². The fourth-order valence-corrected chi connectivity index (χ4v) is 5.96. The first-order chi connectivity index (χ1) is 15.0. The number of hydrogen-bond donors (Lipinski definition) is 0. The average Bonchev–Trinajstić information content (AvgIpc) is 2.98. The van der Waals surface area contributed by atoms with E-state index >= 15 is 0 Å². The van der Waals surface area contributed by atoms with Crippen molar-refractivity contribution in [2.24, 2.45) is 0 Å². The molecular formula is C23H20N2O5S. The summed E-state index contributed by atoms with van der Waals surface area (Å²) < 4.78 is 4.98. The van der Waals surface area contributed by atoms with E-state index in [1.807, 2.05) is 24.3 Å². The summed E-state index contributed by atoms with van der Waals surface area (Å²) in [5.41, 5.74) is 2.44. The number of imide groups is 1. The van der Waals surface area contributed by atoms with Gasteiger partial charge >= 0.3 is 5.97 Å². The van der Waals surface area contributed by atoms with Gasteiger partial charge in [-0.3, -0.25) is 19.3 Å². The second kappa shape index (κ2) is 7.53. The Hall–Kier alpha value is -3.13. The molecule has 0 saturated carbocycles. The molecule has 3 aliphatic heterocycles. The molecule has 3 unspecified atom stereocenters. The summed E-state index contributed by atoms with van der Waals surface area (Å²) in [6.07, 6.45) is 0.214. The van der Waals surface area contributed by atoms with Crippen molar-refractivity contribution in [3.8, 4) is 0 Å². The summed E-state index contributed by atoms with van der Waals surface area (Å²) in [6, 6.07) is 12.1.